The van der Waals surface area contributed by atoms with Crippen molar-refractivity contribution in [2.24, 2.45) is 5.92 Å². The second kappa shape index (κ2) is 7.67. The Labute approximate surface area is 161 Å². The summed E-state index contributed by atoms with van der Waals surface area (Å²) < 4.78 is 10.5. The van der Waals surface area contributed by atoms with Crippen LogP contribution in [0, 0.1) is 16.0 Å². The first-order chi connectivity index (χ1) is 13.3. The third-order valence-corrected chi connectivity index (χ3v) is 4.50. The standard InChI is InChI=1S/C20H20N2O6/c1-12(2)18-19(23)21(11-13-5-4-6-14(9-13)20(24)27-3)16-8-7-15(22(25)26)10-17(16)28-18/h4-10,12,18H,11H2,1-3H3. The average Bonchev–Trinajstić information content (AvgIpc) is 2.68. The maximum absolute atomic E-state index is 13.0. The Morgan fingerprint density at radius 3 is 2.68 bits per heavy atom. The number of anilines is 1. The third kappa shape index (κ3) is 3.66. The molecule has 1 atom stereocenters. The lowest BCUT2D eigenvalue weighted by molar-refractivity contribution is -0.384. The minimum atomic E-state index is -0.752. The lowest BCUT2D eigenvalue weighted by atomic mass is 10.0. The van der Waals surface area contributed by atoms with Crippen LogP contribution in [0.5, 0.6) is 5.75 Å². The molecule has 1 unspecified atom stereocenters. The van der Waals surface area contributed by atoms with E-state index in [1.807, 2.05) is 13.8 Å². The molecule has 3 rings (SSSR count). The van der Waals surface area contributed by atoms with Gasteiger partial charge in [-0.15, -0.1) is 0 Å². The normalized spacial score (nSPS) is 15.8. The number of rotatable bonds is 5. The topological polar surface area (TPSA) is 99.0 Å². The van der Waals surface area contributed by atoms with Crippen LogP contribution in [0.1, 0.15) is 29.8 Å². The number of carbonyl (C=O) groups is 2. The Hall–Kier alpha value is -3.42. The van der Waals surface area contributed by atoms with E-state index in [9.17, 15) is 19.7 Å². The van der Waals surface area contributed by atoms with E-state index in [0.717, 1.165) is 5.56 Å². The van der Waals surface area contributed by atoms with E-state index in [0.29, 0.717) is 11.3 Å². The molecule has 0 radical (unpaired) electrons. The fraction of sp³-hybridized carbons (Fsp3) is 0.300. The molecule has 8 nitrogen and oxygen atoms in total. The first-order valence-corrected chi connectivity index (χ1v) is 8.75. The zero-order chi connectivity index (χ0) is 20.4. The van der Waals surface area contributed by atoms with E-state index in [1.165, 1.54) is 30.2 Å². The summed E-state index contributed by atoms with van der Waals surface area (Å²) in [5, 5.41) is 11.1. The van der Waals surface area contributed by atoms with Gasteiger partial charge in [0.05, 0.1) is 35.9 Å². The minimum absolute atomic E-state index is 0.108. The van der Waals surface area contributed by atoms with Crippen LogP contribution in [0.15, 0.2) is 42.5 Å². The summed E-state index contributed by atoms with van der Waals surface area (Å²) in [5.74, 6) is -0.536. The zero-order valence-electron chi connectivity index (χ0n) is 15.7. The van der Waals surface area contributed by atoms with Crippen LogP contribution in [0.4, 0.5) is 11.4 Å². The fourth-order valence-corrected chi connectivity index (χ4v) is 3.07. The van der Waals surface area contributed by atoms with Gasteiger partial charge < -0.3 is 14.4 Å². The number of nitro groups is 1. The molecule has 2 aromatic carbocycles. The Bertz CT molecular complexity index is 940. The van der Waals surface area contributed by atoms with Crippen LogP contribution in [-0.2, 0) is 16.1 Å². The lowest BCUT2D eigenvalue weighted by Crippen LogP contribution is -2.48. The van der Waals surface area contributed by atoms with Crippen LogP contribution in [0.3, 0.4) is 0 Å². The number of hydrogen-bond acceptors (Lipinski definition) is 6. The molecule has 1 aliphatic rings. The number of amides is 1. The predicted molar refractivity (Wildman–Crippen MR) is 101 cm³/mol. The minimum Gasteiger partial charge on any atom is -0.478 e. The maximum Gasteiger partial charge on any atom is 0.337 e. The monoisotopic (exact) mass is 384 g/mol. The summed E-state index contributed by atoms with van der Waals surface area (Å²) in [6.45, 7) is 3.89. The Morgan fingerprint density at radius 2 is 2.04 bits per heavy atom. The van der Waals surface area contributed by atoms with Gasteiger partial charge in [0.15, 0.2) is 11.9 Å². The van der Waals surface area contributed by atoms with Crippen LogP contribution in [0.25, 0.3) is 0 Å². The molecule has 8 heteroatoms. The second-order valence-electron chi connectivity index (χ2n) is 6.81. The zero-order valence-corrected chi connectivity index (χ0v) is 15.7. The number of nitro benzene ring substituents is 1. The van der Waals surface area contributed by atoms with Crippen molar-refractivity contribution in [3.63, 3.8) is 0 Å². The molecule has 0 N–H and O–H groups in total. The number of non-ortho nitro benzene ring substituents is 1. The van der Waals surface area contributed by atoms with Crippen molar-refractivity contribution >= 4 is 23.3 Å². The number of hydrogen-bond donors (Lipinski definition) is 0. The molecule has 0 spiro atoms. The molecule has 1 heterocycles. The fourth-order valence-electron chi connectivity index (χ4n) is 3.07. The quantitative estimate of drug-likeness (QED) is 0.445. The molecule has 0 saturated carbocycles. The van der Waals surface area contributed by atoms with E-state index < -0.39 is 17.0 Å². The van der Waals surface area contributed by atoms with Crippen LogP contribution >= 0.6 is 0 Å². The smallest absolute Gasteiger partial charge is 0.337 e. The van der Waals surface area contributed by atoms with Crippen molar-refractivity contribution in [2.75, 3.05) is 12.0 Å². The highest BCUT2D eigenvalue weighted by Gasteiger charge is 2.37. The molecule has 0 aromatic heterocycles. The SMILES string of the molecule is COC(=O)c1cccc(CN2C(=O)C(C(C)C)Oc3cc([N+](=O)[O-])ccc32)c1. The van der Waals surface area contributed by atoms with Gasteiger partial charge in [-0.05, 0) is 29.7 Å². The Morgan fingerprint density at radius 1 is 1.29 bits per heavy atom. The number of methoxy groups -OCH3 is 1. The molecule has 0 aliphatic carbocycles. The number of carbonyl (C=O) groups excluding carboxylic acids is 2. The predicted octanol–water partition coefficient (Wildman–Crippen LogP) is 3.33. The molecule has 146 valence electrons. The van der Waals surface area contributed by atoms with E-state index in [-0.39, 0.29) is 29.8 Å². The lowest BCUT2D eigenvalue weighted by Gasteiger charge is -2.36. The van der Waals surface area contributed by atoms with E-state index in [2.05, 4.69) is 0 Å². The van der Waals surface area contributed by atoms with Gasteiger partial charge in [-0.2, -0.15) is 0 Å². The molecule has 1 aliphatic heterocycles. The molecule has 0 saturated heterocycles. The van der Waals surface area contributed by atoms with E-state index in [4.69, 9.17) is 9.47 Å². The largest absolute Gasteiger partial charge is 0.478 e. The van der Waals surface area contributed by atoms with Gasteiger partial charge in [-0.1, -0.05) is 26.0 Å². The second-order valence-corrected chi connectivity index (χ2v) is 6.81. The molecule has 0 fully saturated rings. The van der Waals surface area contributed by atoms with E-state index >= 15 is 0 Å². The Kier molecular flexibility index (Phi) is 5.30. The first-order valence-electron chi connectivity index (χ1n) is 8.75. The third-order valence-electron chi connectivity index (χ3n) is 4.50. The molecular formula is C20H20N2O6. The average molecular weight is 384 g/mol. The highest BCUT2D eigenvalue weighted by Crippen LogP contribution is 2.39. The van der Waals surface area contributed by atoms with Crippen LogP contribution < -0.4 is 9.64 Å². The summed E-state index contributed by atoms with van der Waals surface area (Å²) >= 11 is 0. The summed E-state index contributed by atoms with van der Waals surface area (Å²) in [6.07, 6.45) is -0.752. The number of nitrogens with zero attached hydrogens (tertiary/aromatic N) is 2. The summed E-state index contributed by atoms with van der Waals surface area (Å²) in [5.41, 5.74) is 1.45. The van der Waals surface area contributed by atoms with Gasteiger partial charge in [0.1, 0.15) is 0 Å². The molecule has 2 aromatic rings. The van der Waals surface area contributed by atoms with Crippen molar-refractivity contribution in [3.8, 4) is 5.75 Å². The van der Waals surface area contributed by atoms with Gasteiger partial charge in [0.25, 0.3) is 11.6 Å². The number of fused-ring (bicyclic) bond motifs is 1. The maximum atomic E-state index is 13.0. The highest BCUT2D eigenvalue weighted by molar-refractivity contribution is 6.00. The van der Waals surface area contributed by atoms with E-state index in [1.54, 1.807) is 24.3 Å². The van der Waals surface area contributed by atoms with Gasteiger partial charge >= 0.3 is 5.97 Å². The highest BCUT2D eigenvalue weighted by atomic mass is 16.6. The molecular weight excluding hydrogens is 364 g/mol. The first kappa shape index (κ1) is 19.3. The Balaban J connectivity index is 2.01. The van der Waals surface area contributed by atoms with Crippen molar-refractivity contribution < 1.29 is 24.0 Å². The summed E-state index contributed by atoms with van der Waals surface area (Å²) in [6, 6.07) is 11.0. The van der Waals surface area contributed by atoms with Gasteiger partial charge in [-0.3, -0.25) is 14.9 Å². The molecule has 1 amide bonds. The van der Waals surface area contributed by atoms with Crippen molar-refractivity contribution in [3.05, 3.63) is 63.7 Å². The van der Waals surface area contributed by atoms with Crippen molar-refractivity contribution in [1.82, 2.24) is 0 Å². The van der Waals surface area contributed by atoms with Gasteiger partial charge in [0.2, 0.25) is 0 Å². The van der Waals surface area contributed by atoms with Crippen molar-refractivity contribution in [2.45, 2.75) is 26.5 Å². The van der Waals surface area contributed by atoms with Crippen LogP contribution in [0.2, 0.25) is 0 Å². The number of benzene rings is 2. The van der Waals surface area contributed by atoms with Crippen molar-refractivity contribution in [1.29, 1.82) is 0 Å². The summed E-state index contributed by atoms with van der Waals surface area (Å²) in [4.78, 5) is 36.9. The van der Waals surface area contributed by atoms with Gasteiger partial charge in [0, 0.05) is 6.07 Å². The van der Waals surface area contributed by atoms with Crippen LogP contribution in [-0.4, -0.2) is 30.0 Å². The number of esters is 1. The number of ether oxygens (including phenoxy) is 2. The molecule has 0 bridgehead atoms. The molecule has 28 heavy (non-hydrogen) atoms. The summed E-state index contributed by atoms with van der Waals surface area (Å²) in [7, 11) is 1.30. The van der Waals surface area contributed by atoms with Gasteiger partial charge in [-0.25, -0.2) is 4.79 Å².